The maximum Gasteiger partial charge on any atom is 0.218 e. The number of ether oxygens (including phenoxy) is 4. The average molecular weight is 744 g/mol. The van der Waals surface area contributed by atoms with Crippen molar-refractivity contribution in [2.75, 3.05) is 66.8 Å². The van der Waals surface area contributed by atoms with Gasteiger partial charge in [-0.3, -0.25) is 9.80 Å². The second-order valence-electron chi connectivity index (χ2n) is 14.9. The second-order valence-corrected chi connectivity index (χ2v) is 15.6. The van der Waals surface area contributed by atoms with E-state index < -0.39 is 0 Å². The number of hydrogen-bond acceptors (Lipinski definition) is 8. The van der Waals surface area contributed by atoms with Gasteiger partial charge in [-0.05, 0) is 74.6 Å². The topological polar surface area (TPSA) is 69.2 Å². The fraction of sp³-hybridized carbons (Fsp3) is 0.476. The molecular weight excluding hydrogens is 695 g/mol. The zero-order chi connectivity index (χ0) is 35.6. The lowest BCUT2D eigenvalue weighted by atomic mass is 9.91. The van der Waals surface area contributed by atoms with Crippen LogP contribution in [-0.4, -0.2) is 86.6 Å². The number of aromatic nitrogens is 2. The van der Waals surface area contributed by atoms with Gasteiger partial charge in [0.25, 0.3) is 0 Å². The van der Waals surface area contributed by atoms with E-state index in [-0.39, 0.29) is 0 Å². The molecule has 0 aliphatic carbocycles. The molecule has 10 heteroatoms. The Morgan fingerprint density at radius 3 is 1.44 bits per heavy atom. The maximum absolute atomic E-state index is 7.20. The molecule has 0 bridgehead atoms. The van der Waals surface area contributed by atoms with Crippen LogP contribution in [0, 0.1) is 23.7 Å². The number of nitrogens with zero attached hydrogens (tertiary/aromatic N) is 4. The van der Waals surface area contributed by atoms with Crippen LogP contribution in [0.1, 0.15) is 36.8 Å². The first kappa shape index (κ1) is 35.8. The summed E-state index contributed by atoms with van der Waals surface area (Å²) in [7, 11) is 3.37. The first-order chi connectivity index (χ1) is 25.5. The Kier molecular flexibility index (Phi) is 11.0. The summed E-state index contributed by atoms with van der Waals surface area (Å²) in [6, 6.07) is 20.3. The van der Waals surface area contributed by atoms with Crippen molar-refractivity contribution >= 4 is 23.2 Å². The van der Waals surface area contributed by atoms with Crippen molar-refractivity contribution in [3.05, 3.63) is 81.8 Å². The van der Waals surface area contributed by atoms with Crippen LogP contribution >= 0.6 is 23.2 Å². The number of hydrogen-bond donors (Lipinski definition) is 0. The smallest absolute Gasteiger partial charge is 0.218 e. The highest BCUT2D eigenvalue weighted by atomic mass is 35.5. The minimum absolute atomic E-state index is 0.582. The van der Waals surface area contributed by atoms with Gasteiger partial charge < -0.3 is 18.9 Å². The molecule has 4 saturated heterocycles. The molecule has 8 rings (SSSR count). The van der Waals surface area contributed by atoms with Crippen LogP contribution in [0.15, 0.2) is 60.7 Å². The minimum atomic E-state index is 0.582. The van der Waals surface area contributed by atoms with Gasteiger partial charge in [0.2, 0.25) is 11.8 Å². The van der Waals surface area contributed by atoms with Crippen molar-refractivity contribution < 1.29 is 18.9 Å². The molecule has 4 fully saturated rings. The number of rotatable bonds is 11. The number of methoxy groups -OCH3 is 2. The first-order valence-electron chi connectivity index (χ1n) is 18.7. The molecule has 0 amide bonds. The van der Waals surface area contributed by atoms with Gasteiger partial charge >= 0.3 is 0 Å². The summed E-state index contributed by atoms with van der Waals surface area (Å²) in [5, 5.41) is 1.16. The van der Waals surface area contributed by atoms with Crippen molar-refractivity contribution in [1.82, 2.24) is 19.8 Å². The average Bonchev–Trinajstić information content (AvgIpc) is 4.01. The van der Waals surface area contributed by atoms with Crippen molar-refractivity contribution in [1.29, 1.82) is 0 Å². The summed E-state index contributed by atoms with van der Waals surface area (Å²) in [5.74, 6) is 4.04. The molecule has 0 spiro atoms. The van der Waals surface area contributed by atoms with Gasteiger partial charge in [-0.15, -0.1) is 0 Å². The quantitative estimate of drug-likeness (QED) is 0.152. The summed E-state index contributed by atoms with van der Waals surface area (Å²) in [5.41, 5.74) is 6.97. The summed E-state index contributed by atoms with van der Waals surface area (Å²) in [6.07, 6.45) is 4.81. The molecule has 4 unspecified atom stereocenters. The fourth-order valence-electron chi connectivity index (χ4n) is 8.82. The van der Waals surface area contributed by atoms with E-state index in [1.807, 2.05) is 48.5 Å². The van der Waals surface area contributed by atoms with Crippen LogP contribution in [0.25, 0.3) is 33.6 Å². The third-order valence-corrected chi connectivity index (χ3v) is 12.6. The fourth-order valence-corrected chi connectivity index (χ4v) is 9.47. The van der Waals surface area contributed by atoms with Gasteiger partial charge in [0.15, 0.2) is 0 Å². The largest absolute Gasteiger partial charge is 0.481 e. The van der Waals surface area contributed by atoms with Gasteiger partial charge in [-0.2, -0.15) is 0 Å². The molecule has 2 aromatic carbocycles. The molecule has 4 aromatic rings. The third-order valence-electron chi connectivity index (χ3n) is 11.8. The molecule has 0 N–H and O–H groups in total. The molecule has 52 heavy (non-hydrogen) atoms. The van der Waals surface area contributed by atoms with Crippen LogP contribution < -0.4 is 9.47 Å². The van der Waals surface area contributed by atoms with E-state index in [0.717, 1.165) is 110 Å². The molecule has 4 aliphatic rings. The van der Waals surface area contributed by atoms with Crippen LogP contribution in [0.4, 0.5) is 0 Å². The van der Waals surface area contributed by atoms with Crippen molar-refractivity contribution in [2.24, 2.45) is 23.7 Å². The lowest BCUT2D eigenvalue weighted by molar-refractivity contribution is 0.171. The SMILES string of the molecule is COc1nc(-c2cccc(-c3cccc(-c4ccc(CN5CCC(C6CCOC6)C5)c(OC)n4)c3Cl)c2Cl)ccc1CN1CCC(C2CCOC2)C1. The van der Waals surface area contributed by atoms with E-state index in [2.05, 4.69) is 21.9 Å². The van der Waals surface area contributed by atoms with Crippen LogP contribution in [-0.2, 0) is 22.6 Å². The standard InChI is InChI=1S/C42H48Cl2N4O4/c1-49-41-29(23-47-17-13-27(21-47)31-15-19-51-25-31)9-11-37(45-41)35-7-3-5-33(39(35)43)34-6-4-8-36(40(34)44)38-12-10-30(42(46-38)50-2)24-48-18-14-28(22-48)32-16-20-52-26-32/h3-12,27-28,31-32H,13-26H2,1-2H3. The molecule has 8 nitrogen and oxygen atoms in total. The Hall–Kier alpha value is -3.24. The van der Waals surface area contributed by atoms with E-state index in [1.165, 1.54) is 25.7 Å². The van der Waals surface area contributed by atoms with E-state index in [1.54, 1.807) is 14.2 Å². The number of halogens is 2. The lowest BCUT2D eigenvalue weighted by Gasteiger charge is -2.20. The van der Waals surface area contributed by atoms with Crippen molar-refractivity contribution in [3.8, 4) is 45.4 Å². The van der Waals surface area contributed by atoms with Crippen LogP contribution in [0.5, 0.6) is 11.8 Å². The van der Waals surface area contributed by atoms with Gasteiger partial charge in [0.1, 0.15) is 0 Å². The Morgan fingerprint density at radius 1 is 0.596 bits per heavy atom. The Morgan fingerprint density at radius 2 is 1.04 bits per heavy atom. The highest BCUT2D eigenvalue weighted by molar-refractivity contribution is 6.39. The van der Waals surface area contributed by atoms with E-state index in [4.69, 9.17) is 52.1 Å². The van der Waals surface area contributed by atoms with E-state index >= 15 is 0 Å². The summed E-state index contributed by atoms with van der Waals surface area (Å²) < 4.78 is 23.0. The van der Waals surface area contributed by atoms with E-state index in [0.29, 0.717) is 45.5 Å². The number of pyridine rings is 2. The molecule has 4 aliphatic heterocycles. The molecule has 0 saturated carbocycles. The molecular formula is C42H48Cl2N4O4. The van der Waals surface area contributed by atoms with E-state index in [9.17, 15) is 0 Å². The molecule has 274 valence electrons. The first-order valence-corrected chi connectivity index (χ1v) is 19.5. The summed E-state index contributed by atoms with van der Waals surface area (Å²) >= 11 is 14.4. The van der Waals surface area contributed by atoms with Gasteiger partial charge in [0, 0.05) is 86.0 Å². The number of benzene rings is 2. The maximum atomic E-state index is 7.20. The third kappa shape index (κ3) is 7.43. The Labute approximate surface area is 317 Å². The molecule has 2 aromatic heterocycles. The highest BCUT2D eigenvalue weighted by Gasteiger charge is 2.33. The van der Waals surface area contributed by atoms with Gasteiger partial charge in [-0.25, -0.2) is 9.97 Å². The Bertz CT molecular complexity index is 1740. The zero-order valence-electron chi connectivity index (χ0n) is 30.2. The number of likely N-dealkylation sites (tertiary alicyclic amines) is 2. The molecule has 6 heterocycles. The van der Waals surface area contributed by atoms with Crippen molar-refractivity contribution in [3.63, 3.8) is 0 Å². The van der Waals surface area contributed by atoms with Gasteiger partial charge in [-0.1, -0.05) is 71.7 Å². The van der Waals surface area contributed by atoms with Crippen molar-refractivity contribution in [2.45, 2.75) is 38.8 Å². The lowest BCUT2D eigenvalue weighted by Crippen LogP contribution is -2.23. The summed E-state index contributed by atoms with van der Waals surface area (Å²) in [6.45, 7) is 9.59. The van der Waals surface area contributed by atoms with Crippen LogP contribution in [0.2, 0.25) is 10.0 Å². The minimum Gasteiger partial charge on any atom is -0.481 e. The summed E-state index contributed by atoms with van der Waals surface area (Å²) in [4.78, 5) is 14.9. The van der Waals surface area contributed by atoms with Crippen LogP contribution in [0.3, 0.4) is 0 Å². The molecule has 0 radical (unpaired) electrons. The van der Waals surface area contributed by atoms with Gasteiger partial charge in [0.05, 0.1) is 35.7 Å². The predicted molar refractivity (Wildman–Crippen MR) is 206 cm³/mol. The predicted octanol–water partition coefficient (Wildman–Crippen LogP) is 8.52. The Balaban J connectivity index is 1.00. The normalized spacial score (nSPS) is 23.8. The molecule has 4 atom stereocenters. The zero-order valence-corrected chi connectivity index (χ0v) is 31.7. The second kappa shape index (κ2) is 16.0. The monoisotopic (exact) mass is 742 g/mol. The highest BCUT2D eigenvalue weighted by Crippen LogP contribution is 2.43.